The summed E-state index contributed by atoms with van der Waals surface area (Å²) in [5.74, 6) is 2.45. The third-order valence-electron chi connectivity index (χ3n) is 13.7. The van der Waals surface area contributed by atoms with Crippen molar-refractivity contribution in [1.82, 2.24) is 0 Å². The van der Waals surface area contributed by atoms with E-state index in [1.807, 2.05) is 0 Å². The zero-order valence-electron chi connectivity index (χ0n) is 23.7. The highest BCUT2D eigenvalue weighted by Gasteiger charge is 2.70. The number of hydrogen-bond acceptors (Lipinski definition) is 2. The largest absolute Gasteiger partial charge is 0.458 e. The topological polar surface area (TPSA) is 26.3 Å². The molecule has 0 spiro atoms. The van der Waals surface area contributed by atoms with Crippen LogP contribution in [0.1, 0.15) is 120 Å². The molecule has 0 aliphatic heterocycles. The quantitative estimate of drug-likeness (QED) is 0.284. The van der Waals surface area contributed by atoms with Crippen LogP contribution in [0.15, 0.2) is 12.2 Å². The standard InChI is InChI=1S/C32H52O2/c1-21-23(34-22(2)33)10-11-24-29(21,6)13-12-25-30(24,7)17-19-32(9)26-20-27(3,4)14-15-28(26,5)16-18-31(25,32)8/h10-11,21,23-26H,12-20H2,1-9H3. The van der Waals surface area contributed by atoms with E-state index in [1.165, 1.54) is 57.8 Å². The summed E-state index contributed by atoms with van der Waals surface area (Å²) >= 11 is 0. The van der Waals surface area contributed by atoms with Crippen LogP contribution in [0.2, 0.25) is 0 Å². The van der Waals surface area contributed by atoms with Gasteiger partial charge >= 0.3 is 5.97 Å². The van der Waals surface area contributed by atoms with Crippen LogP contribution >= 0.6 is 0 Å². The normalized spacial score (nSPS) is 55.9. The van der Waals surface area contributed by atoms with Gasteiger partial charge in [0.2, 0.25) is 0 Å². The van der Waals surface area contributed by atoms with Crippen LogP contribution in [-0.4, -0.2) is 12.1 Å². The number of ether oxygens (including phenoxy) is 1. The van der Waals surface area contributed by atoms with Crippen molar-refractivity contribution in [2.24, 2.45) is 56.2 Å². The Bertz CT molecular complexity index is 887. The van der Waals surface area contributed by atoms with E-state index in [0.717, 1.165) is 11.8 Å². The van der Waals surface area contributed by atoms with Gasteiger partial charge in [0.15, 0.2) is 0 Å². The fourth-order valence-corrected chi connectivity index (χ4v) is 11.1. The van der Waals surface area contributed by atoms with E-state index in [0.29, 0.717) is 38.9 Å². The Morgan fingerprint density at radius 1 is 0.765 bits per heavy atom. The average molecular weight is 469 g/mol. The number of carbonyl (C=O) groups excluding carboxylic acids is 1. The highest BCUT2D eigenvalue weighted by Crippen LogP contribution is 2.78. The van der Waals surface area contributed by atoms with Crippen molar-refractivity contribution in [3.8, 4) is 0 Å². The van der Waals surface area contributed by atoms with Crippen LogP contribution in [0.4, 0.5) is 0 Å². The minimum atomic E-state index is -0.148. The highest BCUT2D eigenvalue weighted by molar-refractivity contribution is 5.66. The first kappa shape index (κ1) is 24.9. The van der Waals surface area contributed by atoms with Gasteiger partial charge in [0.1, 0.15) is 6.10 Å². The summed E-state index contributed by atoms with van der Waals surface area (Å²) in [6.07, 6.45) is 17.1. The number of rotatable bonds is 1. The molecule has 0 amide bonds. The molecule has 0 aromatic rings. The van der Waals surface area contributed by atoms with Crippen LogP contribution < -0.4 is 0 Å². The van der Waals surface area contributed by atoms with Crippen LogP contribution in [0, 0.1) is 56.2 Å². The summed E-state index contributed by atoms with van der Waals surface area (Å²) in [6.45, 7) is 22.3. The molecule has 2 heteroatoms. The van der Waals surface area contributed by atoms with Gasteiger partial charge in [-0.25, -0.2) is 0 Å². The maximum atomic E-state index is 11.8. The Labute approximate surface area is 210 Å². The van der Waals surface area contributed by atoms with E-state index < -0.39 is 0 Å². The molecule has 0 heterocycles. The van der Waals surface area contributed by atoms with Gasteiger partial charge in [0.25, 0.3) is 0 Å². The summed E-state index contributed by atoms with van der Waals surface area (Å²) in [5, 5.41) is 0. The molecule has 5 aliphatic carbocycles. The van der Waals surface area contributed by atoms with E-state index in [2.05, 4.69) is 67.5 Å². The number of allylic oxidation sites excluding steroid dienone is 1. The first-order valence-corrected chi connectivity index (χ1v) is 14.5. The van der Waals surface area contributed by atoms with Gasteiger partial charge in [-0.2, -0.15) is 0 Å². The van der Waals surface area contributed by atoms with Gasteiger partial charge < -0.3 is 4.74 Å². The molecule has 0 aromatic heterocycles. The van der Waals surface area contributed by atoms with E-state index >= 15 is 0 Å². The molecule has 0 aromatic carbocycles. The van der Waals surface area contributed by atoms with Gasteiger partial charge in [0, 0.05) is 12.8 Å². The summed E-state index contributed by atoms with van der Waals surface area (Å²) in [6, 6.07) is 0. The van der Waals surface area contributed by atoms with E-state index in [9.17, 15) is 4.79 Å². The van der Waals surface area contributed by atoms with Crippen LogP contribution in [0.3, 0.4) is 0 Å². The minimum absolute atomic E-state index is 0.0665. The first-order chi connectivity index (χ1) is 15.6. The second kappa shape index (κ2) is 7.38. The van der Waals surface area contributed by atoms with Crippen molar-refractivity contribution in [2.45, 2.75) is 126 Å². The van der Waals surface area contributed by atoms with Gasteiger partial charge in [-0.15, -0.1) is 0 Å². The van der Waals surface area contributed by atoms with Crippen LogP contribution in [0.5, 0.6) is 0 Å². The minimum Gasteiger partial charge on any atom is -0.458 e. The van der Waals surface area contributed by atoms with Crippen molar-refractivity contribution < 1.29 is 9.53 Å². The maximum Gasteiger partial charge on any atom is 0.303 e. The van der Waals surface area contributed by atoms with Crippen LogP contribution in [-0.2, 0) is 9.53 Å². The highest BCUT2D eigenvalue weighted by atomic mass is 16.5. The fourth-order valence-electron chi connectivity index (χ4n) is 11.1. The van der Waals surface area contributed by atoms with Gasteiger partial charge in [-0.1, -0.05) is 61.5 Å². The lowest BCUT2D eigenvalue weighted by Crippen LogP contribution is -2.67. The molecule has 0 N–H and O–H groups in total. The third-order valence-corrected chi connectivity index (χ3v) is 13.7. The lowest BCUT2D eigenvalue weighted by Gasteiger charge is -2.74. The molecule has 10 atom stereocenters. The van der Waals surface area contributed by atoms with Crippen molar-refractivity contribution in [3.63, 3.8) is 0 Å². The number of carbonyl (C=O) groups is 1. The summed E-state index contributed by atoms with van der Waals surface area (Å²) < 4.78 is 5.77. The Morgan fingerprint density at radius 2 is 1.38 bits per heavy atom. The zero-order chi connectivity index (χ0) is 24.9. The van der Waals surface area contributed by atoms with E-state index in [4.69, 9.17) is 4.74 Å². The molecule has 4 fully saturated rings. The lowest BCUT2D eigenvalue weighted by molar-refractivity contribution is -0.251. The molecule has 34 heavy (non-hydrogen) atoms. The van der Waals surface area contributed by atoms with Crippen LogP contribution in [0.25, 0.3) is 0 Å². The maximum absolute atomic E-state index is 11.8. The molecule has 4 saturated carbocycles. The number of esters is 1. The van der Waals surface area contributed by atoms with Gasteiger partial charge in [-0.05, 0) is 114 Å². The van der Waals surface area contributed by atoms with E-state index in [1.54, 1.807) is 6.92 Å². The molecule has 5 rings (SSSR count). The van der Waals surface area contributed by atoms with Crippen molar-refractivity contribution >= 4 is 5.97 Å². The second-order valence-electron chi connectivity index (χ2n) is 15.7. The Hall–Kier alpha value is -0.790. The van der Waals surface area contributed by atoms with Crippen molar-refractivity contribution in [1.29, 1.82) is 0 Å². The molecule has 10 unspecified atom stereocenters. The number of fused-ring (bicyclic) bond motifs is 7. The van der Waals surface area contributed by atoms with E-state index in [-0.39, 0.29) is 17.5 Å². The summed E-state index contributed by atoms with van der Waals surface area (Å²) in [5.41, 5.74) is 2.44. The summed E-state index contributed by atoms with van der Waals surface area (Å²) in [7, 11) is 0. The SMILES string of the molecule is CC(=O)OC1C=CC2C(C)(CCC3C2(C)CCC2(C)C4CC(C)(C)CCC4(C)CCC32C)C1C. The molecule has 192 valence electrons. The monoisotopic (exact) mass is 468 g/mol. The van der Waals surface area contributed by atoms with Gasteiger partial charge in [-0.3, -0.25) is 4.79 Å². The Balaban J connectivity index is 1.52. The van der Waals surface area contributed by atoms with Gasteiger partial charge in [0.05, 0.1) is 0 Å². The fraction of sp³-hybridized carbons (Fsp3) is 0.906. The number of hydrogen-bond donors (Lipinski definition) is 0. The smallest absolute Gasteiger partial charge is 0.303 e. The molecule has 2 nitrogen and oxygen atoms in total. The molecular weight excluding hydrogens is 416 g/mol. The Kier molecular flexibility index (Phi) is 5.40. The molecule has 0 saturated heterocycles. The third kappa shape index (κ3) is 3.14. The molecule has 0 radical (unpaired) electrons. The Morgan fingerprint density at radius 3 is 2.06 bits per heavy atom. The zero-order valence-corrected chi connectivity index (χ0v) is 23.7. The van der Waals surface area contributed by atoms with Crippen molar-refractivity contribution in [3.05, 3.63) is 12.2 Å². The first-order valence-electron chi connectivity index (χ1n) is 14.5. The molecule has 5 aliphatic rings. The molecule has 0 bridgehead atoms. The second-order valence-corrected chi connectivity index (χ2v) is 15.7. The average Bonchev–Trinajstić information content (AvgIpc) is 2.74. The lowest BCUT2D eigenvalue weighted by atomic mass is 9.30. The predicted molar refractivity (Wildman–Crippen MR) is 140 cm³/mol. The van der Waals surface area contributed by atoms with Crippen molar-refractivity contribution in [2.75, 3.05) is 0 Å². The molecular formula is C32H52O2. The predicted octanol–water partition coefficient (Wildman–Crippen LogP) is 8.60. The summed E-state index contributed by atoms with van der Waals surface area (Å²) in [4.78, 5) is 11.8.